The summed E-state index contributed by atoms with van der Waals surface area (Å²) in [7, 11) is 0. The van der Waals surface area contributed by atoms with Crippen LogP contribution in [0, 0.1) is 5.82 Å². The molecule has 0 bridgehead atoms. The van der Waals surface area contributed by atoms with Gasteiger partial charge in [-0.15, -0.1) is 0 Å². The Morgan fingerprint density at radius 1 is 1.09 bits per heavy atom. The molecule has 1 aliphatic carbocycles. The highest BCUT2D eigenvalue weighted by molar-refractivity contribution is 5.86. The van der Waals surface area contributed by atoms with Gasteiger partial charge in [0.05, 0.1) is 5.54 Å². The van der Waals surface area contributed by atoms with E-state index in [0.717, 1.165) is 24.8 Å². The molecule has 1 amide bonds. The Morgan fingerprint density at radius 2 is 1.65 bits per heavy atom. The molecule has 2 aromatic rings. The van der Waals surface area contributed by atoms with Gasteiger partial charge in [0.2, 0.25) is 5.91 Å². The molecule has 0 spiro atoms. The summed E-state index contributed by atoms with van der Waals surface area (Å²) in [5.74, 6) is 0.839. The number of nitrogens with two attached hydrogens (primary N) is 1. The van der Waals surface area contributed by atoms with Gasteiger partial charge in [-0.25, -0.2) is 4.39 Å². The number of nitrogens with one attached hydrogen (secondary N) is 1. The maximum Gasteiger partial charge on any atom is 0.240 e. The van der Waals surface area contributed by atoms with Crippen LogP contribution in [0.1, 0.15) is 24.8 Å². The van der Waals surface area contributed by atoms with Crippen LogP contribution in [-0.2, 0) is 11.3 Å². The molecule has 1 aliphatic rings. The lowest BCUT2D eigenvalue weighted by Gasteiger charge is -2.36. The van der Waals surface area contributed by atoms with Crippen molar-refractivity contribution >= 4 is 5.91 Å². The molecule has 0 heterocycles. The molecule has 0 saturated heterocycles. The molecule has 0 radical (unpaired) electrons. The Hall–Kier alpha value is -2.40. The SMILES string of the molecule is NC1(C(=O)NCc2ccc(Oc3ccc(F)cc3)cc2)CCC1. The van der Waals surface area contributed by atoms with Crippen molar-refractivity contribution in [1.29, 1.82) is 0 Å². The van der Waals surface area contributed by atoms with Gasteiger partial charge in [0.1, 0.15) is 17.3 Å². The van der Waals surface area contributed by atoms with Crippen LogP contribution in [0.3, 0.4) is 0 Å². The van der Waals surface area contributed by atoms with Gasteiger partial charge in [-0.05, 0) is 61.2 Å². The minimum atomic E-state index is -0.675. The Morgan fingerprint density at radius 3 is 2.17 bits per heavy atom. The molecule has 0 atom stereocenters. The highest BCUT2D eigenvalue weighted by Gasteiger charge is 2.39. The first kappa shape index (κ1) is 15.5. The van der Waals surface area contributed by atoms with Crippen LogP contribution >= 0.6 is 0 Å². The largest absolute Gasteiger partial charge is 0.457 e. The number of rotatable bonds is 5. The molecule has 0 aromatic heterocycles. The third-order valence-electron chi connectivity index (χ3n) is 4.12. The zero-order chi connectivity index (χ0) is 16.3. The zero-order valence-corrected chi connectivity index (χ0v) is 12.7. The van der Waals surface area contributed by atoms with Crippen LogP contribution in [0.4, 0.5) is 4.39 Å². The number of benzene rings is 2. The molecule has 120 valence electrons. The standard InChI is InChI=1S/C18H19FN2O2/c19-14-4-8-16(9-5-14)23-15-6-2-13(3-7-15)12-21-17(22)18(20)10-1-11-18/h2-9H,1,10-12,20H2,(H,21,22). The first-order valence-corrected chi connectivity index (χ1v) is 7.65. The highest BCUT2D eigenvalue weighted by atomic mass is 19.1. The van der Waals surface area contributed by atoms with Crippen molar-refractivity contribution in [1.82, 2.24) is 5.32 Å². The first-order chi connectivity index (χ1) is 11.0. The van der Waals surface area contributed by atoms with Crippen molar-refractivity contribution in [3.8, 4) is 11.5 Å². The van der Waals surface area contributed by atoms with Crippen molar-refractivity contribution in [2.45, 2.75) is 31.3 Å². The van der Waals surface area contributed by atoms with E-state index < -0.39 is 5.54 Å². The second-order valence-corrected chi connectivity index (χ2v) is 5.89. The molecule has 3 N–H and O–H groups in total. The normalized spacial score (nSPS) is 15.6. The van der Waals surface area contributed by atoms with Crippen LogP contribution in [0.25, 0.3) is 0 Å². The van der Waals surface area contributed by atoms with E-state index in [1.165, 1.54) is 12.1 Å². The van der Waals surface area contributed by atoms with Gasteiger partial charge in [0, 0.05) is 6.54 Å². The smallest absolute Gasteiger partial charge is 0.240 e. The Balaban J connectivity index is 1.54. The predicted octanol–water partition coefficient (Wildman–Crippen LogP) is 3.12. The summed E-state index contributed by atoms with van der Waals surface area (Å²) in [6.07, 6.45) is 2.52. The van der Waals surface area contributed by atoms with Crippen molar-refractivity contribution < 1.29 is 13.9 Å². The second kappa shape index (κ2) is 6.38. The van der Waals surface area contributed by atoms with Gasteiger partial charge in [0.15, 0.2) is 0 Å². The lowest BCUT2D eigenvalue weighted by molar-refractivity contribution is -0.129. The molecule has 0 aliphatic heterocycles. The van der Waals surface area contributed by atoms with Gasteiger partial charge in [0.25, 0.3) is 0 Å². The lowest BCUT2D eigenvalue weighted by Crippen LogP contribution is -2.58. The number of hydrogen-bond donors (Lipinski definition) is 2. The Labute approximate surface area is 134 Å². The van der Waals surface area contributed by atoms with E-state index in [4.69, 9.17) is 10.5 Å². The summed E-state index contributed by atoms with van der Waals surface area (Å²) in [6.45, 7) is 0.439. The molecular formula is C18H19FN2O2. The van der Waals surface area contributed by atoms with Crippen LogP contribution < -0.4 is 15.8 Å². The lowest BCUT2D eigenvalue weighted by atomic mass is 9.77. The molecular weight excluding hydrogens is 295 g/mol. The molecule has 3 rings (SSSR count). The van der Waals surface area contributed by atoms with E-state index in [9.17, 15) is 9.18 Å². The Bertz CT molecular complexity index is 679. The number of ether oxygens (including phenoxy) is 1. The van der Waals surface area contributed by atoms with Crippen molar-refractivity contribution in [3.05, 3.63) is 59.9 Å². The van der Waals surface area contributed by atoms with Crippen molar-refractivity contribution in [3.63, 3.8) is 0 Å². The summed E-state index contributed by atoms with van der Waals surface area (Å²) < 4.78 is 18.5. The van der Waals surface area contributed by atoms with Crippen LogP contribution in [0.2, 0.25) is 0 Å². The fourth-order valence-corrected chi connectivity index (χ4v) is 2.46. The second-order valence-electron chi connectivity index (χ2n) is 5.89. The van der Waals surface area contributed by atoms with Crippen molar-refractivity contribution in [2.75, 3.05) is 0 Å². The summed E-state index contributed by atoms with van der Waals surface area (Å²) >= 11 is 0. The summed E-state index contributed by atoms with van der Waals surface area (Å²) in [6, 6.07) is 13.2. The fourth-order valence-electron chi connectivity index (χ4n) is 2.46. The summed E-state index contributed by atoms with van der Waals surface area (Å²) in [5, 5.41) is 2.87. The fraction of sp³-hybridized carbons (Fsp3) is 0.278. The molecule has 23 heavy (non-hydrogen) atoms. The van der Waals surface area contributed by atoms with Gasteiger partial charge in [-0.3, -0.25) is 4.79 Å². The van der Waals surface area contributed by atoms with Gasteiger partial charge >= 0.3 is 0 Å². The van der Waals surface area contributed by atoms with E-state index in [0.29, 0.717) is 18.0 Å². The molecule has 4 nitrogen and oxygen atoms in total. The summed E-state index contributed by atoms with van der Waals surface area (Å²) in [4.78, 5) is 12.0. The van der Waals surface area contributed by atoms with Crippen molar-refractivity contribution in [2.24, 2.45) is 5.73 Å². The molecule has 0 unspecified atom stereocenters. The average Bonchev–Trinajstić information content (AvgIpc) is 2.54. The van der Waals surface area contributed by atoms with Crippen LogP contribution in [-0.4, -0.2) is 11.4 Å². The van der Waals surface area contributed by atoms with E-state index in [-0.39, 0.29) is 11.7 Å². The molecule has 1 saturated carbocycles. The minimum Gasteiger partial charge on any atom is -0.457 e. The zero-order valence-electron chi connectivity index (χ0n) is 12.7. The number of hydrogen-bond acceptors (Lipinski definition) is 3. The number of halogens is 1. The molecule has 1 fully saturated rings. The Kier molecular flexibility index (Phi) is 4.30. The van der Waals surface area contributed by atoms with E-state index >= 15 is 0 Å². The summed E-state index contributed by atoms with van der Waals surface area (Å²) in [5.41, 5.74) is 6.26. The van der Waals surface area contributed by atoms with E-state index in [1.54, 1.807) is 12.1 Å². The van der Waals surface area contributed by atoms with E-state index in [2.05, 4.69) is 5.32 Å². The van der Waals surface area contributed by atoms with Crippen LogP contribution in [0.15, 0.2) is 48.5 Å². The maximum absolute atomic E-state index is 12.8. The third kappa shape index (κ3) is 3.68. The molecule has 2 aromatic carbocycles. The van der Waals surface area contributed by atoms with Gasteiger partial charge < -0.3 is 15.8 Å². The quantitative estimate of drug-likeness (QED) is 0.891. The topological polar surface area (TPSA) is 64.4 Å². The first-order valence-electron chi connectivity index (χ1n) is 7.65. The predicted molar refractivity (Wildman–Crippen MR) is 85.5 cm³/mol. The van der Waals surface area contributed by atoms with E-state index in [1.807, 2.05) is 24.3 Å². The monoisotopic (exact) mass is 314 g/mol. The number of carbonyl (C=O) groups is 1. The van der Waals surface area contributed by atoms with Crippen LogP contribution in [0.5, 0.6) is 11.5 Å². The highest BCUT2D eigenvalue weighted by Crippen LogP contribution is 2.29. The number of carbonyl (C=O) groups excluding carboxylic acids is 1. The van der Waals surface area contributed by atoms with Gasteiger partial charge in [-0.1, -0.05) is 12.1 Å². The van der Waals surface area contributed by atoms with Gasteiger partial charge in [-0.2, -0.15) is 0 Å². The third-order valence-corrected chi connectivity index (χ3v) is 4.12. The number of amides is 1. The average molecular weight is 314 g/mol. The maximum atomic E-state index is 12.8. The minimum absolute atomic E-state index is 0.0876. The molecule has 5 heteroatoms.